The number of nitrogens with one attached hydrogen (secondary N) is 1. The topological polar surface area (TPSA) is 108 Å². The maximum absolute atomic E-state index is 11.6. The van der Waals surface area contributed by atoms with Gasteiger partial charge in [0.05, 0.1) is 13.0 Å². The van der Waals surface area contributed by atoms with E-state index in [1.165, 1.54) is 12.5 Å². The fourth-order valence-corrected chi connectivity index (χ4v) is 1.84. The van der Waals surface area contributed by atoms with Crippen molar-refractivity contribution in [1.29, 1.82) is 0 Å². The molecule has 7 heteroatoms. The predicted molar refractivity (Wildman–Crippen MR) is 88.5 cm³/mol. The van der Waals surface area contributed by atoms with E-state index in [4.69, 9.17) is 15.2 Å². The Balaban J connectivity index is 2.38. The van der Waals surface area contributed by atoms with Crippen molar-refractivity contribution in [2.24, 2.45) is 5.73 Å². The minimum Gasteiger partial charge on any atom is -0.493 e. The molecular formula is C17H24N2O5. The number of hydrogen-bond donors (Lipinski definition) is 2. The van der Waals surface area contributed by atoms with Crippen LogP contribution in [0.4, 0.5) is 4.79 Å². The second kappa shape index (κ2) is 8.33. The van der Waals surface area contributed by atoms with Crippen LogP contribution in [0.15, 0.2) is 24.3 Å². The Morgan fingerprint density at radius 1 is 1.17 bits per heavy atom. The van der Waals surface area contributed by atoms with Crippen molar-refractivity contribution >= 4 is 17.9 Å². The summed E-state index contributed by atoms with van der Waals surface area (Å²) >= 11 is 0. The number of nitrogens with two attached hydrogens (primary N) is 1. The fourth-order valence-electron chi connectivity index (χ4n) is 1.84. The van der Waals surface area contributed by atoms with Gasteiger partial charge < -0.3 is 15.2 Å². The van der Waals surface area contributed by atoms with E-state index in [1.807, 2.05) is 29.6 Å². The zero-order chi connectivity index (χ0) is 18.3. The number of ether oxygens (including phenoxy) is 2. The molecule has 1 atom stereocenters. The van der Waals surface area contributed by atoms with Gasteiger partial charge in [-0.2, -0.15) is 0 Å². The van der Waals surface area contributed by atoms with Crippen molar-refractivity contribution in [3.05, 3.63) is 29.8 Å². The van der Waals surface area contributed by atoms with Crippen LogP contribution >= 0.6 is 0 Å². The Hall–Kier alpha value is -2.57. The third kappa shape index (κ3) is 6.68. The van der Waals surface area contributed by atoms with Gasteiger partial charge in [-0.15, -0.1) is 0 Å². The molecule has 0 radical (unpaired) electrons. The summed E-state index contributed by atoms with van der Waals surface area (Å²) in [6.07, 6.45) is -1.12. The summed E-state index contributed by atoms with van der Waals surface area (Å²) in [5.41, 5.74) is 6.06. The van der Waals surface area contributed by atoms with E-state index in [9.17, 15) is 14.4 Å². The molecule has 0 spiro atoms. The molecule has 0 bridgehead atoms. The van der Waals surface area contributed by atoms with Crippen LogP contribution in [0.5, 0.6) is 5.75 Å². The summed E-state index contributed by atoms with van der Waals surface area (Å²) in [7, 11) is 0. The lowest BCUT2D eigenvalue weighted by Gasteiger charge is -2.19. The van der Waals surface area contributed by atoms with E-state index in [-0.39, 0.29) is 18.4 Å². The molecule has 3 amide bonds. The number of amides is 3. The molecule has 132 valence electrons. The second-order valence-corrected chi connectivity index (χ2v) is 6.36. The normalized spacial score (nSPS) is 12.2. The van der Waals surface area contributed by atoms with Crippen LogP contribution in [0.25, 0.3) is 0 Å². The van der Waals surface area contributed by atoms with E-state index >= 15 is 0 Å². The third-order valence-corrected chi connectivity index (χ3v) is 3.22. The lowest BCUT2D eigenvalue weighted by atomic mass is 9.87. The van der Waals surface area contributed by atoms with Gasteiger partial charge in [-0.1, -0.05) is 32.9 Å². The number of carbonyl (C=O) groups excluding carboxylic acids is 3. The summed E-state index contributed by atoms with van der Waals surface area (Å²) < 4.78 is 10.4. The van der Waals surface area contributed by atoms with Crippen molar-refractivity contribution in [2.75, 3.05) is 6.61 Å². The highest BCUT2D eigenvalue weighted by Gasteiger charge is 2.19. The first kappa shape index (κ1) is 19.5. The van der Waals surface area contributed by atoms with Crippen molar-refractivity contribution in [3.63, 3.8) is 0 Å². The molecule has 0 saturated heterocycles. The van der Waals surface area contributed by atoms with Gasteiger partial charge in [0.2, 0.25) is 0 Å². The maximum atomic E-state index is 11.6. The zero-order valence-corrected chi connectivity index (χ0v) is 14.4. The maximum Gasteiger partial charge on any atom is 0.318 e. The van der Waals surface area contributed by atoms with Crippen molar-refractivity contribution < 1.29 is 23.9 Å². The number of esters is 1. The molecule has 7 nitrogen and oxygen atoms in total. The number of imide groups is 1. The molecule has 0 aromatic heterocycles. The summed E-state index contributed by atoms with van der Waals surface area (Å²) in [5.74, 6) is -0.724. The van der Waals surface area contributed by atoms with Crippen LogP contribution in [-0.2, 0) is 19.7 Å². The largest absolute Gasteiger partial charge is 0.493 e. The summed E-state index contributed by atoms with van der Waals surface area (Å²) in [6, 6.07) is 6.64. The quantitative estimate of drug-likeness (QED) is 0.771. The average molecular weight is 336 g/mol. The molecule has 1 rings (SSSR count). The van der Waals surface area contributed by atoms with Crippen molar-refractivity contribution in [3.8, 4) is 5.75 Å². The first-order valence-electron chi connectivity index (χ1n) is 7.62. The zero-order valence-electron chi connectivity index (χ0n) is 14.4. The molecule has 24 heavy (non-hydrogen) atoms. The second-order valence-electron chi connectivity index (χ2n) is 6.36. The van der Waals surface area contributed by atoms with Gasteiger partial charge in [-0.25, -0.2) is 4.79 Å². The number of rotatable bonds is 6. The number of benzene rings is 1. The van der Waals surface area contributed by atoms with Gasteiger partial charge in [0.15, 0.2) is 6.10 Å². The lowest BCUT2D eigenvalue weighted by molar-refractivity contribution is -0.154. The molecule has 0 fully saturated rings. The standard InChI is InChI=1S/C17H24N2O5/c1-11(15(21)19-16(18)22)24-14(20)9-10-23-13-7-5-12(6-8-13)17(2,3)4/h5-8,11H,9-10H2,1-4H3,(H3,18,19,21,22)/t11-/m1/s1. The van der Waals surface area contributed by atoms with Crippen LogP contribution in [0.2, 0.25) is 0 Å². The van der Waals surface area contributed by atoms with E-state index in [0.29, 0.717) is 5.75 Å². The SMILES string of the molecule is C[C@@H](OC(=O)CCOc1ccc(C(C)(C)C)cc1)C(=O)NC(N)=O. The van der Waals surface area contributed by atoms with Crippen LogP contribution in [0, 0.1) is 0 Å². The van der Waals surface area contributed by atoms with Crippen molar-refractivity contribution in [2.45, 2.75) is 45.6 Å². The fraction of sp³-hybridized carbons (Fsp3) is 0.471. The molecule has 1 aromatic carbocycles. The molecule has 0 aliphatic carbocycles. The lowest BCUT2D eigenvalue weighted by Crippen LogP contribution is -2.42. The number of hydrogen-bond acceptors (Lipinski definition) is 5. The number of urea groups is 1. The van der Waals surface area contributed by atoms with Gasteiger partial charge in [0.25, 0.3) is 5.91 Å². The highest BCUT2D eigenvalue weighted by molar-refractivity contribution is 5.96. The molecule has 0 aliphatic rings. The van der Waals surface area contributed by atoms with Gasteiger partial charge in [-0.3, -0.25) is 14.9 Å². The number of primary amides is 1. The van der Waals surface area contributed by atoms with E-state index < -0.39 is 24.0 Å². The van der Waals surface area contributed by atoms with Crippen LogP contribution in [0.3, 0.4) is 0 Å². The minimum absolute atomic E-state index is 0.0186. The smallest absolute Gasteiger partial charge is 0.318 e. The molecule has 0 unspecified atom stereocenters. The first-order chi connectivity index (χ1) is 11.1. The summed E-state index contributed by atoms with van der Waals surface area (Å²) in [5, 5.41) is 1.84. The van der Waals surface area contributed by atoms with Crippen LogP contribution in [0.1, 0.15) is 39.7 Å². The molecule has 0 aliphatic heterocycles. The first-order valence-corrected chi connectivity index (χ1v) is 7.62. The van der Waals surface area contributed by atoms with Crippen LogP contribution < -0.4 is 15.8 Å². The average Bonchev–Trinajstić information content (AvgIpc) is 2.46. The minimum atomic E-state index is -1.10. The molecule has 0 heterocycles. The van der Waals surface area contributed by atoms with Crippen LogP contribution in [-0.4, -0.2) is 30.6 Å². The predicted octanol–water partition coefficient (Wildman–Crippen LogP) is 1.88. The summed E-state index contributed by atoms with van der Waals surface area (Å²) in [6.45, 7) is 7.83. The Kier molecular flexibility index (Phi) is 6.76. The van der Waals surface area contributed by atoms with Gasteiger partial charge in [0.1, 0.15) is 5.75 Å². The Bertz CT molecular complexity index is 590. The molecule has 0 saturated carbocycles. The molecular weight excluding hydrogens is 312 g/mol. The Morgan fingerprint density at radius 3 is 2.25 bits per heavy atom. The molecule has 3 N–H and O–H groups in total. The third-order valence-electron chi connectivity index (χ3n) is 3.22. The Morgan fingerprint density at radius 2 is 1.75 bits per heavy atom. The highest BCUT2D eigenvalue weighted by atomic mass is 16.5. The van der Waals surface area contributed by atoms with Gasteiger partial charge in [0, 0.05) is 0 Å². The number of carbonyl (C=O) groups is 3. The van der Waals surface area contributed by atoms with Crippen molar-refractivity contribution in [1.82, 2.24) is 5.32 Å². The van der Waals surface area contributed by atoms with E-state index in [2.05, 4.69) is 20.8 Å². The monoisotopic (exact) mass is 336 g/mol. The summed E-state index contributed by atoms with van der Waals surface area (Å²) in [4.78, 5) is 33.5. The van der Waals surface area contributed by atoms with Gasteiger partial charge in [-0.05, 0) is 30.0 Å². The van der Waals surface area contributed by atoms with E-state index in [0.717, 1.165) is 0 Å². The Labute approximate surface area is 141 Å². The van der Waals surface area contributed by atoms with E-state index in [1.54, 1.807) is 0 Å². The van der Waals surface area contributed by atoms with Gasteiger partial charge >= 0.3 is 12.0 Å². The molecule has 1 aromatic rings. The highest BCUT2D eigenvalue weighted by Crippen LogP contribution is 2.24.